The zero-order valence-electron chi connectivity index (χ0n) is 13.5. The molecule has 0 bridgehead atoms. The molecule has 0 heterocycles. The number of rotatable bonds is 4. The summed E-state index contributed by atoms with van der Waals surface area (Å²) in [6, 6.07) is 8.67. The third-order valence-corrected chi connectivity index (χ3v) is 5.43. The molecule has 1 heteroatoms. The summed E-state index contributed by atoms with van der Waals surface area (Å²) in [4.78, 5) is 0. The monoisotopic (exact) mass is 274 g/mol. The summed E-state index contributed by atoms with van der Waals surface area (Å²) in [6.07, 6.45) is 5.81. The van der Waals surface area contributed by atoms with Crippen molar-refractivity contribution in [1.29, 1.82) is 0 Å². The zero-order chi connectivity index (χ0) is 14.8. The molecule has 1 N–H and O–H groups in total. The molecule has 2 rings (SSSR count). The lowest BCUT2D eigenvalue weighted by Crippen LogP contribution is -2.32. The topological polar surface area (TPSA) is 20.2 Å². The first-order valence-corrected chi connectivity index (χ1v) is 8.23. The minimum atomic E-state index is -0.309. The molecule has 0 spiro atoms. The van der Waals surface area contributed by atoms with Gasteiger partial charge >= 0.3 is 0 Å². The van der Waals surface area contributed by atoms with Gasteiger partial charge in [-0.05, 0) is 47.6 Å². The Bertz CT molecular complexity index is 418. The van der Waals surface area contributed by atoms with Crippen LogP contribution in [0.3, 0.4) is 0 Å². The maximum Gasteiger partial charge on any atom is 0.0823 e. The third kappa shape index (κ3) is 3.25. The van der Waals surface area contributed by atoms with E-state index in [-0.39, 0.29) is 11.5 Å². The third-order valence-electron chi connectivity index (χ3n) is 5.43. The van der Waals surface area contributed by atoms with E-state index < -0.39 is 0 Å². The van der Waals surface area contributed by atoms with E-state index in [0.29, 0.717) is 11.8 Å². The van der Waals surface area contributed by atoms with Gasteiger partial charge in [0.1, 0.15) is 0 Å². The maximum atomic E-state index is 10.8. The van der Waals surface area contributed by atoms with Gasteiger partial charge in [-0.15, -0.1) is 0 Å². The zero-order valence-corrected chi connectivity index (χ0v) is 13.5. The minimum absolute atomic E-state index is 0.257. The summed E-state index contributed by atoms with van der Waals surface area (Å²) in [5.41, 5.74) is 2.73. The van der Waals surface area contributed by atoms with Gasteiger partial charge in [-0.1, -0.05) is 64.8 Å². The highest BCUT2D eigenvalue weighted by Gasteiger charge is 2.37. The highest BCUT2D eigenvalue weighted by atomic mass is 16.3. The van der Waals surface area contributed by atoms with E-state index in [9.17, 15) is 5.11 Å². The summed E-state index contributed by atoms with van der Waals surface area (Å²) < 4.78 is 0. The molecule has 0 aliphatic heterocycles. The summed E-state index contributed by atoms with van der Waals surface area (Å²) in [7, 11) is 0. The van der Waals surface area contributed by atoms with E-state index in [4.69, 9.17) is 0 Å². The fraction of sp³-hybridized carbons (Fsp3) is 0.684. The second-order valence-electron chi connectivity index (χ2n) is 7.26. The molecule has 0 radical (unpaired) electrons. The second kappa shape index (κ2) is 6.30. The van der Waals surface area contributed by atoms with Crippen molar-refractivity contribution in [3.63, 3.8) is 0 Å². The largest absolute Gasteiger partial charge is 0.388 e. The molecular formula is C19H30O. The molecule has 1 nitrogen and oxygen atoms in total. The molecule has 3 atom stereocenters. The molecular weight excluding hydrogens is 244 g/mol. The summed E-state index contributed by atoms with van der Waals surface area (Å²) >= 11 is 0. The average Bonchev–Trinajstić information content (AvgIpc) is 2.45. The smallest absolute Gasteiger partial charge is 0.0823 e. The van der Waals surface area contributed by atoms with E-state index in [1.54, 1.807) is 0 Å². The summed E-state index contributed by atoms with van der Waals surface area (Å²) in [5.74, 6) is 0.998. The van der Waals surface area contributed by atoms with Gasteiger partial charge in [-0.3, -0.25) is 0 Å². The van der Waals surface area contributed by atoms with E-state index in [1.807, 2.05) is 0 Å². The van der Waals surface area contributed by atoms with Crippen LogP contribution in [0.25, 0.3) is 0 Å². The lowest BCUT2D eigenvalue weighted by atomic mass is 9.65. The van der Waals surface area contributed by atoms with Crippen LogP contribution in [0.2, 0.25) is 0 Å². The molecule has 1 aromatic rings. The van der Waals surface area contributed by atoms with Crippen LogP contribution in [0.5, 0.6) is 0 Å². The van der Waals surface area contributed by atoms with Crippen molar-refractivity contribution in [1.82, 2.24) is 0 Å². The predicted octanol–water partition coefficient (Wildman–Crippen LogP) is 5.45. The Kier molecular flexibility index (Phi) is 4.90. The van der Waals surface area contributed by atoms with Gasteiger partial charge in [-0.25, -0.2) is 0 Å². The van der Waals surface area contributed by atoms with E-state index in [2.05, 4.69) is 52.0 Å². The number of hydrogen-bond acceptors (Lipinski definition) is 1. The Morgan fingerprint density at radius 2 is 1.75 bits per heavy atom. The van der Waals surface area contributed by atoms with Gasteiger partial charge in [0.05, 0.1) is 6.10 Å². The molecule has 20 heavy (non-hydrogen) atoms. The summed E-state index contributed by atoms with van der Waals surface area (Å²) in [5, 5.41) is 10.8. The molecule has 3 unspecified atom stereocenters. The first-order valence-electron chi connectivity index (χ1n) is 8.23. The van der Waals surface area contributed by atoms with E-state index >= 15 is 0 Å². The molecule has 1 saturated carbocycles. The predicted molar refractivity (Wildman–Crippen MR) is 85.8 cm³/mol. The SMILES string of the molecule is CCC(C)c1ccc(C(O)C2CCCCC2(C)C)cc1. The molecule has 1 fully saturated rings. The minimum Gasteiger partial charge on any atom is -0.388 e. The molecule has 0 saturated heterocycles. The van der Waals surface area contributed by atoms with Crippen LogP contribution in [0.15, 0.2) is 24.3 Å². The van der Waals surface area contributed by atoms with Gasteiger partial charge < -0.3 is 5.11 Å². The normalized spacial score (nSPS) is 25.1. The molecule has 1 aliphatic carbocycles. The molecule has 1 aliphatic rings. The van der Waals surface area contributed by atoms with Gasteiger partial charge in [0.15, 0.2) is 0 Å². The molecule has 0 aromatic heterocycles. The van der Waals surface area contributed by atoms with Crippen molar-refractivity contribution < 1.29 is 5.11 Å². The highest BCUT2D eigenvalue weighted by molar-refractivity contribution is 5.27. The Morgan fingerprint density at radius 3 is 2.30 bits per heavy atom. The maximum absolute atomic E-state index is 10.8. The number of benzene rings is 1. The molecule has 112 valence electrons. The van der Waals surface area contributed by atoms with Gasteiger partial charge in [0.2, 0.25) is 0 Å². The van der Waals surface area contributed by atoms with Crippen LogP contribution in [0.4, 0.5) is 0 Å². The average molecular weight is 274 g/mol. The van der Waals surface area contributed by atoms with Crippen LogP contribution in [-0.4, -0.2) is 5.11 Å². The number of aliphatic hydroxyl groups is 1. The van der Waals surface area contributed by atoms with Crippen LogP contribution >= 0.6 is 0 Å². The van der Waals surface area contributed by atoms with Crippen LogP contribution < -0.4 is 0 Å². The molecule has 1 aromatic carbocycles. The van der Waals surface area contributed by atoms with E-state index in [0.717, 1.165) is 18.4 Å². The Labute approximate surface area is 124 Å². The van der Waals surface area contributed by atoms with Crippen LogP contribution in [-0.2, 0) is 0 Å². The Morgan fingerprint density at radius 1 is 1.15 bits per heavy atom. The molecule has 0 amide bonds. The van der Waals surface area contributed by atoms with Gasteiger partial charge in [-0.2, -0.15) is 0 Å². The lowest BCUT2D eigenvalue weighted by Gasteiger charge is -2.41. The Balaban J connectivity index is 2.14. The first-order chi connectivity index (χ1) is 9.45. The van der Waals surface area contributed by atoms with Crippen molar-refractivity contribution in [3.05, 3.63) is 35.4 Å². The summed E-state index contributed by atoms with van der Waals surface area (Å²) in [6.45, 7) is 9.11. The standard InChI is InChI=1S/C19H30O/c1-5-14(2)15-9-11-16(12-10-15)18(20)17-8-6-7-13-19(17,3)4/h9-12,14,17-18,20H,5-8,13H2,1-4H3. The van der Waals surface area contributed by atoms with Gasteiger partial charge in [0.25, 0.3) is 0 Å². The highest BCUT2D eigenvalue weighted by Crippen LogP contribution is 2.46. The lowest BCUT2D eigenvalue weighted by molar-refractivity contribution is 0.00385. The van der Waals surface area contributed by atoms with Crippen molar-refractivity contribution >= 4 is 0 Å². The second-order valence-corrected chi connectivity index (χ2v) is 7.26. The van der Waals surface area contributed by atoms with Crippen molar-refractivity contribution in [2.45, 2.75) is 71.8 Å². The van der Waals surface area contributed by atoms with Crippen molar-refractivity contribution in [2.75, 3.05) is 0 Å². The van der Waals surface area contributed by atoms with Crippen molar-refractivity contribution in [2.24, 2.45) is 11.3 Å². The quantitative estimate of drug-likeness (QED) is 0.774. The number of aliphatic hydroxyl groups excluding tert-OH is 1. The van der Waals surface area contributed by atoms with E-state index in [1.165, 1.54) is 24.8 Å². The first kappa shape index (κ1) is 15.6. The van der Waals surface area contributed by atoms with Crippen LogP contribution in [0, 0.1) is 11.3 Å². The Hall–Kier alpha value is -0.820. The van der Waals surface area contributed by atoms with Crippen molar-refractivity contribution in [3.8, 4) is 0 Å². The van der Waals surface area contributed by atoms with Gasteiger partial charge in [0, 0.05) is 0 Å². The number of hydrogen-bond donors (Lipinski definition) is 1. The fourth-order valence-electron chi connectivity index (χ4n) is 3.60. The van der Waals surface area contributed by atoms with Crippen LogP contribution in [0.1, 0.15) is 82.9 Å². The fourth-order valence-corrected chi connectivity index (χ4v) is 3.60.